The van der Waals surface area contributed by atoms with Crippen molar-refractivity contribution < 1.29 is 54.0 Å². The fourth-order valence-corrected chi connectivity index (χ4v) is 3.01. The van der Waals surface area contributed by atoms with Crippen LogP contribution in [-0.4, -0.2) is 92.2 Å². The molecule has 0 saturated heterocycles. The molecule has 15 nitrogen and oxygen atoms in total. The first-order valence-electron chi connectivity index (χ1n) is 11.1. The lowest BCUT2D eigenvalue weighted by Gasteiger charge is -2.28. The quantitative estimate of drug-likeness (QED) is 0.109. The summed E-state index contributed by atoms with van der Waals surface area (Å²) in [5, 5.41) is 45.7. The molecule has 0 aliphatic heterocycles. The minimum atomic E-state index is -1.86. The molecule has 0 spiro atoms. The number of aliphatic hydroxyl groups is 1. The Morgan fingerprint density at radius 1 is 0.722 bits per heavy atom. The molecule has 0 unspecified atom stereocenters. The largest absolute Gasteiger partial charge is 0.481 e. The maximum atomic E-state index is 12.9. The zero-order valence-corrected chi connectivity index (χ0v) is 20.4. The summed E-state index contributed by atoms with van der Waals surface area (Å²) in [5.41, 5.74) is 0. The van der Waals surface area contributed by atoms with Crippen LogP contribution in [0.3, 0.4) is 0 Å². The van der Waals surface area contributed by atoms with Crippen LogP contribution < -0.4 is 21.3 Å². The minimum Gasteiger partial charge on any atom is -0.481 e. The third-order valence-corrected chi connectivity index (χ3v) is 5.19. The van der Waals surface area contributed by atoms with Gasteiger partial charge < -0.3 is 41.7 Å². The fraction of sp³-hybridized carbons (Fsp3) is 0.667. The maximum absolute atomic E-state index is 12.9. The number of carboxylic acids is 3. The normalized spacial score (nSPS) is 15.7. The number of carbonyl (C=O) groups is 7. The molecule has 0 radical (unpaired) electrons. The molecule has 0 aromatic heterocycles. The standard InChI is InChI=1S/C21H34N4O11/c1-5-9(2)16(22-11(4)27)19(33)23-12(6-7-14(28)29)18(32)25-17(10(3)26)20(34)24-13(21(35)36)8-15(30)31/h9-10,12-13,16-17,26H,5-8H2,1-4H3,(H,22,27)(H,23,33)(H,24,34)(H,25,32)(H,28,29)(H,30,31)(H,35,36)/t9-,10+,12-,13-,16-,17-/m0/s1. The lowest BCUT2D eigenvalue weighted by molar-refractivity contribution is -0.148. The minimum absolute atomic E-state index is 0.352. The first kappa shape index (κ1) is 32.2. The Labute approximate surface area is 207 Å². The first-order valence-corrected chi connectivity index (χ1v) is 11.1. The van der Waals surface area contributed by atoms with E-state index in [0.29, 0.717) is 6.42 Å². The highest BCUT2D eigenvalue weighted by atomic mass is 16.4. The predicted octanol–water partition coefficient (Wildman–Crippen LogP) is -2.20. The third kappa shape index (κ3) is 11.6. The highest BCUT2D eigenvalue weighted by Crippen LogP contribution is 2.10. The Morgan fingerprint density at radius 3 is 1.67 bits per heavy atom. The van der Waals surface area contributed by atoms with Gasteiger partial charge in [-0.15, -0.1) is 0 Å². The summed E-state index contributed by atoms with van der Waals surface area (Å²) in [4.78, 5) is 82.8. The van der Waals surface area contributed by atoms with Crippen LogP contribution in [0.4, 0.5) is 0 Å². The summed E-state index contributed by atoms with van der Waals surface area (Å²) in [7, 11) is 0. The summed E-state index contributed by atoms with van der Waals surface area (Å²) in [6, 6.07) is -6.17. The average Bonchev–Trinajstić information content (AvgIpc) is 2.76. The van der Waals surface area contributed by atoms with E-state index in [0.717, 1.165) is 6.92 Å². The van der Waals surface area contributed by atoms with E-state index in [-0.39, 0.29) is 5.92 Å². The van der Waals surface area contributed by atoms with Gasteiger partial charge in [0.1, 0.15) is 24.2 Å². The van der Waals surface area contributed by atoms with Crippen LogP contribution in [0.2, 0.25) is 0 Å². The number of hydrogen-bond donors (Lipinski definition) is 8. The maximum Gasteiger partial charge on any atom is 0.326 e. The Kier molecular flexibility index (Phi) is 13.7. The second-order valence-corrected chi connectivity index (χ2v) is 8.28. The Morgan fingerprint density at radius 2 is 1.25 bits per heavy atom. The summed E-state index contributed by atoms with van der Waals surface area (Å²) in [5.74, 6) is -8.40. The molecule has 8 N–H and O–H groups in total. The molecule has 15 heteroatoms. The molecule has 0 aromatic rings. The highest BCUT2D eigenvalue weighted by Gasteiger charge is 2.34. The molecule has 36 heavy (non-hydrogen) atoms. The molecule has 0 aromatic carbocycles. The zero-order valence-electron chi connectivity index (χ0n) is 20.4. The lowest BCUT2D eigenvalue weighted by Crippen LogP contribution is -2.60. The van der Waals surface area contributed by atoms with Gasteiger partial charge in [0.15, 0.2) is 0 Å². The van der Waals surface area contributed by atoms with Crippen LogP contribution in [0.15, 0.2) is 0 Å². The van der Waals surface area contributed by atoms with E-state index in [9.17, 15) is 38.7 Å². The van der Waals surface area contributed by atoms with E-state index in [2.05, 4.69) is 16.0 Å². The Hall–Kier alpha value is -3.75. The number of aliphatic hydroxyl groups excluding tert-OH is 1. The van der Waals surface area contributed by atoms with E-state index in [1.807, 2.05) is 5.32 Å². The van der Waals surface area contributed by atoms with Crippen molar-refractivity contribution in [3.05, 3.63) is 0 Å². The van der Waals surface area contributed by atoms with Crippen LogP contribution in [0.25, 0.3) is 0 Å². The molecular formula is C21H34N4O11. The van der Waals surface area contributed by atoms with E-state index >= 15 is 0 Å². The molecule has 0 fully saturated rings. The van der Waals surface area contributed by atoms with Crippen molar-refractivity contribution in [1.29, 1.82) is 0 Å². The van der Waals surface area contributed by atoms with E-state index < -0.39 is 91.1 Å². The van der Waals surface area contributed by atoms with Crippen LogP contribution in [0, 0.1) is 5.92 Å². The SMILES string of the molecule is CC[C@H](C)[C@H](NC(C)=O)C(=O)N[C@@H](CCC(=O)O)C(=O)N[C@H](C(=O)N[C@@H](CC(=O)O)C(=O)O)[C@@H](C)O. The fourth-order valence-electron chi connectivity index (χ4n) is 3.01. The van der Waals surface area contributed by atoms with Crippen LogP contribution in [0.1, 0.15) is 53.4 Å². The van der Waals surface area contributed by atoms with Crippen LogP contribution >= 0.6 is 0 Å². The molecule has 0 bridgehead atoms. The molecule has 0 saturated carbocycles. The van der Waals surface area contributed by atoms with Gasteiger partial charge in [0.2, 0.25) is 23.6 Å². The van der Waals surface area contributed by atoms with Crippen LogP contribution in [-0.2, 0) is 33.6 Å². The van der Waals surface area contributed by atoms with E-state index in [4.69, 9.17) is 15.3 Å². The Balaban J connectivity index is 5.76. The number of nitrogens with one attached hydrogen (secondary N) is 4. The number of aliphatic carboxylic acids is 3. The summed E-state index contributed by atoms with van der Waals surface area (Å²) >= 11 is 0. The van der Waals surface area contributed by atoms with Gasteiger partial charge in [0.25, 0.3) is 0 Å². The second-order valence-electron chi connectivity index (χ2n) is 8.28. The van der Waals surface area contributed by atoms with Gasteiger partial charge in [0, 0.05) is 13.3 Å². The highest BCUT2D eigenvalue weighted by molar-refractivity contribution is 5.95. The van der Waals surface area contributed by atoms with Gasteiger partial charge in [-0.3, -0.25) is 28.8 Å². The molecule has 0 heterocycles. The van der Waals surface area contributed by atoms with Crippen molar-refractivity contribution in [3.63, 3.8) is 0 Å². The van der Waals surface area contributed by atoms with E-state index in [1.54, 1.807) is 13.8 Å². The number of carboxylic acid groups (broad SMARTS) is 3. The molecule has 204 valence electrons. The van der Waals surface area contributed by atoms with Crippen molar-refractivity contribution in [2.45, 2.75) is 83.6 Å². The van der Waals surface area contributed by atoms with E-state index in [1.165, 1.54) is 6.92 Å². The molecule has 0 rings (SSSR count). The summed E-state index contributed by atoms with van der Waals surface area (Å²) in [6.45, 7) is 5.73. The van der Waals surface area contributed by atoms with Gasteiger partial charge in [-0.05, 0) is 19.3 Å². The molecule has 0 aliphatic carbocycles. The zero-order chi connectivity index (χ0) is 28.2. The summed E-state index contributed by atoms with van der Waals surface area (Å²) < 4.78 is 0. The van der Waals surface area contributed by atoms with Crippen LogP contribution in [0.5, 0.6) is 0 Å². The van der Waals surface area contributed by atoms with Gasteiger partial charge in [-0.2, -0.15) is 0 Å². The molecule has 6 atom stereocenters. The molecule has 0 aliphatic rings. The second kappa shape index (κ2) is 15.3. The van der Waals surface area contributed by atoms with Gasteiger partial charge >= 0.3 is 17.9 Å². The van der Waals surface area contributed by atoms with Crippen molar-refractivity contribution in [3.8, 4) is 0 Å². The number of hydrogen-bond acceptors (Lipinski definition) is 8. The van der Waals surface area contributed by atoms with Gasteiger partial charge in [-0.25, -0.2) is 4.79 Å². The number of rotatable bonds is 16. The van der Waals surface area contributed by atoms with Crippen molar-refractivity contribution in [2.24, 2.45) is 5.92 Å². The van der Waals surface area contributed by atoms with Gasteiger partial charge in [0.05, 0.1) is 12.5 Å². The smallest absolute Gasteiger partial charge is 0.326 e. The predicted molar refractivity (Wildman–Crippen MR) is 121 cm³/mol. The summed E-state index contributed by atoms with van der Waals surface area (Å²) in [6.07, 6.45) is -3.05. The van der Waals surface area contributed by atoms with Crippen molar-refractivity contribution in [2.75, 3.05) is 0 Å². The monoisotopic (exact) mass is 518 g/mol. The molecule has 4 amide bonds. The van der Waals surface area contributed by atoms with Gasteiger partial charge in [-0.1, -0.05) is 20.3 Å². The van der Waals surface area contributed by atoms with Crippen molar-refractivity contribution >= 4 is 41.5 Å². The lowest BCUT2D eigenvalue weighted by atomic mass is 9.97. The first-order chi connectivity index (χ1) is 16.6. The third-order valence-electron chi connectivity index (χ3n) is 5.19. The molecular weight excluding hydrogens is 484 g/mol. The average molecular weight is 519 g/mol. The Bertz CT molecular complexity index is 846. The number of amides is 4. The topological polar surface area (TPSA) is 249 Å². The number of carbonyl (C=O) groups excluding carboxylic acids is 4. The van der Waals surface area contributed by atoms with Crippen molar-refractivity contribution in [1.82, 2.24) is 21.3 Å².